The van der Waals surface area contributed by atoms with Crippen LogP contribution in [0.25, 0.3) is 0 Å². The lowest BCUT2D eigenvalue weighted by Gasteiger charge is -2.36. The van der Waals surface area contributed by atoms with E-state index in [1.165, 1.54) is 5.57 Å². The van der Waals surface area contributed by atoms with Gasteiger partial charge < -0.3 is 14.3 Å². The van der Waals surface area contributed by atoms with Crippen molar-refractivity contribution in [1.82, 2.24) is 0 Å². The minimum atomic E-state index is -1.69. The maximum absolute atomic E-state index is 8.85. The Bertz CT molecular complexity index is 357. The average Bonchev–Trinajstić information content (AvgIpc) is 2.95. The highest BCUT2D eigenvalue weighted by molar-refractivity contribution is 6.74. The van der Waals surface area contributed by atoms with Gasteiger partial charge >= 0.3 is 0 Å². The fraction of sp³-hybridized carbons (Fsp3) is 0.875. The Morgan fingerprint density at radius 2 is 2.00 bits per heavy atom. The Hall–Kier alpha value is -0.163. The number of rotatable bonds is 7. The molecule has 0 aromatic heterocycles. The molecular formula is C16H32O3Si. The molecule has 0 saturated carbocycles. The van der Waals surface area contributed by atoms with Crippen LogP contribution in [0.1, 0.15) is 47.5 Å². The number of aliphatic hydroxyl groups excluding tert-OH is 1. The molecule has 1 rings (SSSR count). The van der Waals surface area contributed by atoms with E-state index in [0.717, 1.165) is 12.8 Å². The third-order valence-corrected chi connectivity index (χ3v) is 9.28. The highest BCUT2D eigenvalue weighted by atomic mass is 28.4. The minimum absolute atomic E-state index is 0.102. The third kappa shape index (κ3) is 4.69. The molecule has 1 fully saturated rings. The van der Waals surface area contributed by atoms with Crippen LogP contribution in [-0.4, -0.2) is 38.3 Å². The van der Waals surface area contributed by atoms with Gasteiger partial charge in [-0.05, 0) is 44.8 Å². The molecule has 3 nitrogen and oxygen atoms in total. The summed E-state index contributed by atoms with van der Waals surface area (Å²) in [4.78, 5) is 0. The molecule has 1 N–H and O–H groups in total. The summed E-state index contributed by atoms with van der Waals surface area (Å²) in [6, 6.07) is 0. The van der Waals surface area contributed by atoms with Gasteiger partial charge in [0.2, 0.25) is 0 Å². The van der Waals surface area contributed by atoms with Crippen LogP contribution in [0.5, 0.6) is 0 Å². The van der Waals surface area contributed by atoms with E-state index in [2.05, 4.69) is 47.7 Å². The Morgan fingerprint density at radius 3 is 2.50 bits per heavy atom. The van der Waals surface area contributed by atoms with Gasteiger partial charge in [-0.25, -0.2) is 0 Å². The summed E-state index contributed by atoms with van der Waals surface area (Å²) in [5.74, 6) is 0. The van der Waals surface area contributed by atoms with Crippen molar-refractivity contribution in [3.05, 3.63) is 11.6 Å². The summed E-state index contributed by atoms with van der Waals surface area (Å²) >= 11 is 0. The Kier molecular flexibility index (Phi) is 5.64. The van der Waals surface area contributed by atoms with Gasteiger partial charge in [-0.2, -0.15) is 0 Å². The van der Waals surface area contributed by atoms with E-state index in [4.69, 9.17) is 14.3 Å². The van der Waals surface area contributed by atoms with Crippen molar-refractivity contribution in [2.24, 2.45) is 0 Å². The zero-order valence-corrected chi connectivity index (χ0v) is 15.2. The van der Waals surface area contributed by atoms with E-state index in [-0.39, 0.29) is 17.2 Å². The van der Waals surface area contributed by atoms with Gasteiger partial charge in [0.25, 0.3) is 0 Å². The molecule has 2 atom stereocenters. The van der Waals surface area contributed by atoms with Gasteiger partial charge in [-0.1, -0.05) is 32.4 Å². The first-order valence-electron chi connectivity index (χ1n) is 7.60. The van der Waals surface area contributed by atoms with Crippen molar-refractivity contribution in [3.63, 3.8) is 0 Å². The van der Waals surface area contributed by atoms with Crippen molar-refractivity contribution >= 4 is 8.32 Å². The lowest BCUT2D eigenvalue weighted by Crippen LogP contribution is -2.43. The molecule has 0 aliphatic carbocycles. The summed E-state index contributed by atoms with van der Waals surface area (Å²) < 4.78 is 12.1. The Morgan fingerprint density at radius 1 is 1.40 bits per heavy atom. The molecule has 0 bridgehead atoms. The molecule has 0 aromatic carbocycles. The van der Waals surface area contributed by atoms with Gasteiger partial charge in [0.15, 0.2) is 8.32 Å². The number of allylic oxidation sites excluding steroid dienone is 1. The van der Waals surface area contributed by atoms with Gasteiger partial charge in [0.1, 0.15) is 5.60 Å². The molecule has 0 spiro atoms. The topological polar surface area (TPSA) is 42.0 Å². The van der Waals surface area contributed by atoms with Crippen LogP contribution >= 0.6 is 0 Å². The fourth-order valence-corrected chi connectivity index (χ4v) is 3.02. The second-order valence-electron chi connectivity index (χ2n) is 7.74. The molecule has 1 aliphatic rings. The van der Waals surface area contributed by atoms with Gasteiger partial charge in [0.05, 0.1) is 19.3 Å². The van der Waals surface area contributed by atoms with Gasteiger partial charge in [-0.3, -0.25) is 0 Å². The minimum Gasteiger partial charge on any atom is -0.414 e. The zero-order valence-electron chi connectivity index (χ0n) is 14.2. The lowest BCUT2D eigenvalue weighted by atomic mass is 10.0. The Balaban J connectivity index is 2.38. The molecule has 20 heavy (non-hydrogen) atoms. The fourth-order valence-electron chi connectivity index (χ4n) is 1.94. The van der Waals surface area contributed by atoms with Crippen LogP contribution < -0.4 is 0 Å². The summed E-state index contributed by atoms with van der Waals surface area (Å²) in [5.41, 5.74) is 1.13. The van der Waals surface area contributed by atoms with E-state index in [1.54, 1.807) is 0 Å². The van der Waals surface area contributed by atoms with Gasteiger partial charge in [-0.15, -0.1) is 0 Å². The van der Waals surface area contributed by atoms with Crippen LogP contribution in [-0.2, 0) is 9.16 Å². The molecule has 0 radical (unpaired) electrons. The number of aliphatic hydroxyl groups is 1. The van der Waals surface area contributed by atoms with E-state index < -0.39 is 8.32 Å². The van der Waals surface area contributed by atoms with Crippen molar-refractivity contribution in [2.45, 2.75) is 77.3 Å². The number of hydrogen-bond donors (Lipinski definition) is 1. The monoisotopic (exact) mass is 300 g/mol. The number of epoxide rings is 1. The first-order valence-corrected chi connectivity index (χ1v) is 10.5. The van der Waals surface area contributed by atoms with Crippen molar-refractivity contribution in [1.29, 1.82) is 0 Å². The van der Waals surface area contributed by atoms with Crippen LogP contribution in [0.3, 0.4) is 0 Å². The first-order chi connectivity index (χ1) is 9.02. The highest BCUT2D eigenvalue weighted by Gasteiger charge is 2.53. The van der Waals surface area contributed by atoms with Crippen LogP contribution in [0, 0.1) is 0 Å². The summed E-state index contributed by atoms with van der Waals surface area (Å²) in [6.07, 6.45) is 4.17. The quantitative estimate of drug-likeness (QED) is 0.441. The first kappa shape index (κ1) is 17.9. The predicted octanol–water partition coefficient (Wildman–Crippen LogP) is 3.88. The normalized spacial score (nSPS) is 27.8. The van der Waals surface area contributed by atoms with Crippen molar-refractivity contribution < 1.29 is 14.3 Å². The largest absolute Gasteiger partial charge is 0.414 e. The maximum Gasteiger partial charge on any atom is 0.192 e. The zero-order chi connectivity index (χ0) is 15.6. The molecule has 4 heteroatoms. The second-order valence-corrected chi connectivity index (χ2v) is 12.5. The van der Waals surface area contributed by atoms with E-state index >= 15 is 0 Å². The van der Waals surface area contributed by atoms with Crippen LogP contribution in [0.4, 0.5) is 0 Å². The lowest BCUT2D eigenvalue weighted by molar-refractivity contribution is 0.187. The predicted molar refractivity (Wildman–Crippen MR) is 86.5 cm³/mol. The van der Waals surface area contributed by atoms with E-state index in [1.807, 2.05) is 6.08 Å². The van der Waals surface area contributed by atoms with Gasteiger partial charge in [0, 0.05) is 0 Å². The molecule has 1 heterocycles. The van der Waals surface area contributed by atoms with Crippen LogP contribution in [0.15, 0.2) is 11.6 Å². The summed E-state index contributed by atoms with van der Waals surface area (Å²) in [6.45, 7) is 16.4. The summed E-state index contributed by atoms with van der Waals surface area (Å²) in [5, 5.41) is 9.09. The van der Waals surface area contributed by atoms with E-state index in [9.17, 15) is 0 Å². The van der Waals surface area contributed by atoms with Crippen molar-refractivity contribution in [3.8, 4) is 0 Å². The molecule has 0 aromatic rings. The SMILES string of the molecule is C/C(=C\CO)CC[C@H]1O[C@]1(C)CO[Si](C)(C)C(C)(C)C. The second kappa shape index (κ2) is 6.30. The number of hydrogen-bond acceptors (Lipinski definition) is 3. The Labute approximate surface area is 125 Å². The highest BCUT2D eigenvalue weighted by Crippen LogP contribution is 2.43. The van der Waals surface area contributed by atoms with E-state index in [0.29, 0.717) is 12.7 Å². The molecule has 0 unspecified atom stereocenters. The van der Waals surface area contributed by atoms with Crippen LogP contribution in [0.2, 0.25) is 18.1 Å². The third-order valence-electron chi connectivity index (χ3n) is 4.80. The molecule has 118 valence electrons. The average molecular weight is 301 g/mol. The van der Waals surface area contributed by atoms with Crippen molar-refractivity contribution in [2.75, 3.05) is 13.2 Å². The number of ether oxygens (including phenoxy) is 1. The summed E-state index contributed by atoms with van der Waals surface area (Å²) in [7, 11) is -1.69. The smallest absolute Gasteiger partial charge is 0.192 e. The standard InChI is InChI=1S/C16H32O3Si/c1-13(10-11-17)8-9-14-16(5,19-14)12-18-20(6,7)15(2,3)4/h10,14,17H,8-9,11-12H2,1-7H3/b13-10+/t14-,16-/m1/s1. The molecule has 1 saturated heterocycles. The molecular weight excluding hydrogens is 268 g/mol. The molecule has 0 amide bonds. The maximum atomic E-state index is 8.85. The molecule has 1 aliphatic heterocycles.